The molecular weight excluding hydrogens is 183 g/mol. The molecule has 1 aromatic rings. The highest BCUT2D eigenvalue weighted by atomic mass is 16.6. The molecule has 0 bridgehead atoms. The lowest BCUT2D eigenvalue weighted by Gasteiger charge is -2.10. The third kappa shape index (κ3) is 3.15. The standard InChI is InChI=1S/C6H8B3NO4/c1-5-2-3-6(4-10-5)9(13-7-11)14-8-12/h2-4,11-12H,1H3. The smallest absolute Gasteiger partial charge is 0.450 e. The normalized spacial score (nSPS) is 9.64. The van der Waals surface area contributed by atoms with E-state index in [0.29, 0.717) is 20.8 Å². The second kappa shape index (κ2) is 5.82. The molecule has 0 fully saturated rings. The Morgan fingerprint density at radius 2 is 1.93 bits per heavy atom. The molecule has 0 aliphatic heterocycles. The van der Waals surface area contributed by atoms with Gasteiger partial charge in [-0.1, -0.05) is 6.07 Å². The Morgan fingerprint density at radius 3 is 2.36 bits per heavy atom. The number of pyridine rings is 1. The van der Waals surface area contributed by atoms with E-state index >= 15 is 0 Å². The zero-order valence-electron chi connectivity index (χ0n) is 7.62. The van der Waals surface area contributed by atoms with Crippen LogP contribution in [0.5, 0.6) is 0 Å². The molecule has 2 N–H and O–H groups in total. The fraction of sp³-hybridized carbons (Fsp3) is 0.167. The van der Waals surface area contributed by atoms with E-state index in [1.807, 2.05) is 6.92 Å². The summed E-state index contributed by atoms with van der Waals surface area (Å²) >= 11 is 0. The summed E-state index contributed by atoms with van der Waals surface area (Å²) in [5, 5.41) is 16.9. The largest absolute Gasteiger partial charge is 0.470 e. The van der Waals surface area contributed by atoms with Crippen LogP contribution in [-0.2, 0) is 9.14 Å². The van der Waals surface area contributed by atoms with Crippen molar-refractivity contribution in [3.05, 3.63) is 24.0 Å². The number of aromatic nitrogens is 1. The number of hydrogen-bond donors (Lipinski definition) is 2. The molecule has 0 aromatic carbocycles. The van der Waals surface area contributed by atoms with E-state index in [9.17, 15) is 0 Å². The first kappa shape index (κ1) is 11.3. The van der Waals surface area contributed by atoms with Crippen LogP contribution in [0.4, 0.5) is 0 Å². The Balaban J connectivity index is 2.71. The fourth-order valence-electron chi connectivity index (χ4n) is 0.918. The van der Waals surface area contributed by atoms with Gasteiger partial charge in [0, 0.05) is 11.9 Å². The lowest BCUT2D eigenvalue weighted by atomic mass is 9.77. The van der Waals surface area contributed by atoms with E-state index in [2.05, 4.69) is 14.1 Å². The zero-order valence-corrected chi connectivity index (χ0v) is 7.62. The second-order valence-corrected chi connectivity index (χ2v) is 2.55. The van der Waals surface area contributed by atoms with Crippen LogP contribution in [0.25, 0.3) is 0 Å². The number of hydrogen-bond acceptors (Lipinski definition) is 5. The molecule has 0 amide bonds. The molecule has 70 valence electrons. The minimum absolute atomic E-state index is 0.494. The molecule has 0 saturated heterocycles. The van der Waals surface area contributed by atoms with Crippen LogP contribution in [-0.4, -0.2) is 37.5 Å². The molecule has 0 atom stereocenters. The highest BCUT2D eigenvalue weighted by molar-refractivity contribution is 6.68. The van der Waals surface area contributed by atoms with E-state index in [0.717, 1.165) is 5.69 Å². The van der Waals surface area contributed by atoms with Crippen LogP contribution in [0.1, 0.15) is 5.69 Å². The predicted molar refractivity (Wildman–Crippen MR) is 52.5 cm³/mol. The summed E-state index contributed by atoms with van der Waals surface area (Å²) in [5.74, 6) is 0. The molecule has 0 aliphatic carbocycles. The molecule has 5 nitrogen and oxygen atoms in total. The van der Waals surface area contributed by atoms with Crippen LogP contribution in [0.2, 0.25) is 0 Å². The molecule has 1 heterocycles. The first-order valence-electron chi connectivity index (χ1n) is 3.93. The minimum atomic E-state index is -0.891. The molecule has 0 unspecified atom stereocenters. The van der Waals surface area contributed by atoms with E-state index in [-0.39, 0.29) is 0 Å². The lowest BCUT2D eigenvalue weighted by Crippen LogP contribution is -2.39. The molecule has 2 radical (unpaired) electrons. The third-order valence-corrected chi connectivity index (χ3v) is 1.58. The van der Waals surface area contributed by atoms with Crippen LogP contribution >= 0.6 is 0 Å². The van der Waals surface area contributed by atoms with Crippen molar-refractivity contribution in [2.75, 3.05) is 0 Å². The highest BCUT2D eigenvalue weighted by Crippen LogP contribution is 1.92. The average Bonchev–Trinajstić information content (AvgIpc) is 2.19. The topological polar surface area (TPSA) is 71.8 Å². The van der Waals surface area contributed by atoms with Crippen molar-refractivity contribution < 1.29 is 19.2 Å². The summed E-state index contributed by atoms with van der Waals surface area (Å²) < 4.78 is 9.37. The average molecular weight is 191 g/mol. The van der Waals surface area contributed by atoms with E-state index in [4.69, 9.17) is 10.0 Å². The van der Waals surface area contributed by atoms with Gasteiger partial charge < -0.3 is 19.2 Å². The van der Waals surface area contributed by atoms with E-state index in [1.54, 1.807) is 12.1 Å². The van der Waals surface area contributed by atoms with Crippen LogP contribution in [0.3, 0.4) is 0 Å². The molecule has 1 rings (SSSR count). The van der Waals surface area contributed by atoms with Gasteiger partial charge in [-0.05, 0) is 18.5 Å². The van der Waals surface area contributed by atoms with Gasteiger partial charge >= 0.3 is 22.5 Å². The monoisotopic (exact) mass is 191 g/mol. The maximum Gasteiger partial charge on any atom is 0.470 e. The number of nitrogens with zero attached hydrogens (tertiary/aromatic N) is 1. The number of aryl methyl sites for hydroxylation is 1. The Labute approximate surface area is 83.8 Å². The summed E-state index contributed by atoms with van der Waals surface area (Å²) in [6.45, 7) is 1.84. The SMILES string of the molecule is Cc1ccc(B(O[B]O)O[B]O)cn1. The van der Waals surface area contributed by atoms with Gasteiger partial charge in [-0.15, -0.1) is 0 Å². The molecule has 0 spiro atoms. The Bertz CT molecular complexity index is 264. The summed E-state index contributed by atoms with van der Waals surface area (Å²) in [6.07, 6.45) is 1.53. The van der Waals surface area contributed by atoms with Crippen molar-refractivity contribution in [2.24, 2.45) is 0 Å². The van der Waals surface area contributed by atoms with Crippen molar-refractivity contribution in [1.29, 1.82) is 0 Å². The quantitative estimate of drug-likeness (QED) is 0.535. The van der Waals surface area contributed by atoms with Crippen LogP contribution in [0, 0.1) is 6.92 Å². The van der Waals surface area contributed by atoms with Gasteiger partial charge in [0.05, 0.1) is 0 Å². The molecule has 8 heteroatoms. The van der Waals surface area contributed by atoms with Crippen molar-refractivity contribution in [3.63, 3.8) is 0 Å². The summed E-state index contributed by atoms with van der Waals surface area (Å²) in [4.78, 5) is 4.01. The maximum atomic E-state index is 8.44. The lowest BCUT2D eigenvalue weighted by molar-refractivity contribution is 0.375. The molecule has 1 aromatic heterocycles. The zero-order chi connectivity index (χ0) is 10.4. The second-order valence-electron chi connectivity index (χ2n) is 2.55. The van der Waals surface area contributed by atoms with Crippen molar-refractivity contribution in [1.82, 2.24) is 4.98 Å². The van der Waals surface area contributed by atoms with Gasteiger partial charge in [0.15, 0.2) is 0 Å². The van der Waals surface area contributed by atoms with Crippen molar-refractivity contribution in [3.8, 4) is 0 Å². The van der Waals surface area contributed by atoms with Gasteiger partial charge in [-0.3, -0.25) is 4.98 Å². The molecule has 0 saturated carbocycles. The minimum Gasteiger partial charge on any atom is -0.450 e. The summed E-state index contributed by atoms with van der Waals surface area (Å²) in [7, 11) is 0.0975. The summed E-state index contributed by atoms with van der Waals surface area (Å²) in [5.41, 5.74) is 1.44. The van der Waals surface area contributed by atoms with Gasteiger partial charge in [0.1, 0.15) is 0 Å². The van der Waals surface area contributed by atoms with E-state index in [1.165, 1.54) is 6.20 Å². The summed E-state index contributed by atoms with van der Waals surface area (Å²) in [6, 6.07) is 3.49. The molecular formula is C6H8B3NO4. The number of rotatable bonds is 5. The first-order valence-corrected chi connectivity index (χ1v) is 3.93. The van der Waals surface area contributed by atoms with Gasteiger partial charge in [0.2, 0.25) is 0 Å². The Kier molecular flexibility index (Phi) is 4.68. The molecule has 0 aliphatic rings. The van der Waals surface area contributed by atoms with Crippen molar-refractivity contribution in [2.45, 2.75) is 6.92 Å². The van der Waals surface area contributed by atoms with Crippen molar-refractivity contribution >= 4 is 28.0 Å². The van der Waals surface area contributed by atoms with Crippen LogP contribution < -0.4 is 5.46 Å². The predicted octanol–water partition coefficient (Wildman–Crippen LogP) is -1.83. The van der Waals surface area contributed by atoms with Gasteiger partial charge in [0.25, 0.3) is 0 Å². The van der Waals surface area contributed by atoms with Crippen LogP contribution in [0.15, 0.2) is 18.3 Å². The Hall–Kier alpha value is -0.815. The fourth-order valence-corrected chi connectivity index (χ4v) is 0.918. The van der Waals surface area contributed by atoms with E-state index < -0.39 is 7.12 Å². The van der Waals surface area contributed by atoms with Gasteiger partial charge in [-0.2, -0.15) is 0 Å². The highest BCUT2D eigenvalue weighted by Gasteiger charge is 2.21. The third-order valence-electron chi connectivity index (χ3n) is 1.58. The first-order chi connectivity index (χ1) is 6.77. The Morgan fingerprint density at radius 1 is 1.29 bits per heavy atom. The maximum absolute atomic E-state index is 8.44. The van der Waals surface area contributed by atoms with Gasteiger partial charge in [-0.25, -0.2) is 0 Å². The molecule has 14 heavy (non-hydrogen) atoms.